The van der Waals surface area contributed by atoms with Crippen molar-refractivity contribution in [3.63, 3.8) is 0 Å². The molecule has 2 atom stereocenters. The average Bonchev–Trinajstić information content (AvgIpc) is 2.91. The number of methoxy groups -OCH3 is 1. The summed E-state index contributed by atoms with van der Waals surface area (Å²) in [5, 5.41) is 0. The summed E-state index contributed by atoms with van der Waals surface area (Å²) in [4.78, 5) is 0. The molecule has 1 aliphatic carbocycles. The molecule has 1 saturated heterocycles. The molecule has 1 aliphatic heterocycles. The number of epoxide rings is 1. The molecule has 0 saturated carbocycles. The molecule has 1 aromatic rings. The van der Waals surface area contributed by atoms with Crippen molar-refractivity contribution < 1.29 is 9.47 Å². The van der Waals surface area contributed by atoms with Gasteiger partial charge in [-0.25, -0.2) is 0 Å². The highest BCUT2D eigenvalue weighted by atomic mass is 16.6. The molecule has 13 heavy (non-hydrogen) atoms. The van der Waals surface area contributed by atoms with Gasteiger partial charge in [0.25, 0.3) is 0 Å². The van der Waals surface area contributed by atoms with Gasteiger partial charge in [0.05, 0.1) is 19.3 Å². The Labute approximate surface area is 77.5 Å². The number of hydrogen-bond donors (Lipinski definition) is 0. The number of ether oxygens (including phenoxy) is 2. The Bertz CT molecular complexity index is 346. The van der Waals surface area contributed by atoms with Gasteiger partial charge in [-0.1, -0.05) is 12.1 Å². The zero-order valence-corrected chi connectivity index (χ0v) is 7.62. The Hall–Kier alpha value is -1.02. The molecular formula is C11H12O2. The molecule has 1 aromatic carbocycles. The quantitative estimate of drug-likeness (QED) is 0.606. The molecule has 1 fully saturated rings. The van der Waals surface area contributed by atoms with Crippen LogP contribution in [0.4, 0.5) is 0 Å². The molecule has 0 unspecified atom stereocenters. The van der Waals surface area contributed by atoms with E-state index < -0.39 is 0 Å². The summed E-state index contributed by atoms with van der Waals surface area (Å²) in [6.07, 6.45) is 3.07. The summed E-state index contributed by atoms with van der Waals surface area (Å²) >= 11 is 0. The van der Waals surface area contributed by atoms with Crippen molar-refractivity contribution in [1.29, 1.82) is 0 Å². The lowest BCUT2D eigenvalue weighted by Crippen LogP contribution is -2.12. The minimum atomic E-state index is 0.476. The van der Waals surface area contributed by atoms with Crippen LogP contribution in [0.2, 0.25) is 0 Å². The van der Waals surface area contributed by atoms with E-state index in [1.165, 1.54) is 11.1 Å². The van der Waals surface area contributed by atoms with Gasteiger partial charge in [0.15, 0.2) is 0 Å². The van der Waals surface area contributed by atoms with Crippen molar-refractivity contribution in [3.05, 3.63) is 29.3 Å². The van der Waals surface area contributed by atoms with Crippen LogP contribution in [0.3, 0.4) is 0 Å². The average molecular weight is 176 g/mol. The lowest BCUT2D eigenvalue weighted by molar-refractivity contribution is 0.372. The van der Waals surface area contributed by atoms with Crippen LogP contribution in [-0.4, -0.2) is 19.3 Å². The smallest absolute Gasteiger partial charge is 0.122 e. The van der Waals surface area contributed by atoms with Crippen LogP contribution in [0.1, 0.15) is 11.1 Å². The summed E-state index contributed by atoms with van der Waals surface area (Å²) in [5.74, 6) is 1.02. The molecule has 3 rings (SSSR count). The van der Waals surface area contributed by atoms with Crippen molar-refractivity contribution >= 4 is 0 Å². The fraction of sp³-hybridized carbons (Fsp3) is 0.455. The molecule has 68 valence electrons. The number of rotatable bonds is 1. The molecule has 1 heterocycles. The lowest BCUT2D eigenvalue weighted by atomic mass is 9.91. The second kappa shape index (κ2) is 2.48. The summed E-state index contributed by atoms with van der Waals surface area (Å²) in [5.41, 5.74) is 2.75. The minimum absolute atomic E-state index is 0.476. The summed E-state index contributed by atoms with van der Waals surface area (Å²) < 4.78 is 10.8. The van der Waals surface area contributed by atoms with Gasteiger partial charge in [0.1, 0.15) is 5.75 Å². The third kappa shape index (κ3) is 1.05. The predicted molar refractivity (Wildman–Crippen MR) is 49.1 cm³/mol. The fourth-order valence-corrected chi connectivity index (χ4v) is 2.18. The van der Waals surface area contributed by atoms with Gasteiger partial charge < -0.3 is 9.47 Å². The van der Waals surface area contributed by atoms with E-state index in [2.05, 4.69) is 12.1 Å². The molecule has 2 heteroatoms. The topological polar surface area (TPSA) is 21.8 Å². The van der Waals surface area contributed by atoms with Gasteiger partial charge in [0, 0.05) is 18.4 Å². The van der Waals surface area contributed by atoms with Gasteiger partial charge in [-0.05, 0) is 11.6 Å². The standard InChI is InChI=1S/C11H12O2/c1-12-9-4-2-3-7-5-10-11(13-10)6-8(7)9/h2-4,10-11H,5-6H2,1H3/t10-,11-/m0/s1. The summed E-state index contributed by atoms with van der Waals surface area (Å²) in [7, 11) is 1.73. The Morgan fingerprint density at radius 1 is 1.31 bits per heavy atom. The largest absolute Gasteiger partial charge is 0.496 e. The molecule has 0 bridgehead atoms. The number of fused-ring (bicyclic) bond motifs is 2. The van der Waals surface area contributed by atoms with Gasteiger partial charge in [-0.2, -0.15) is 0 Å². The van der Waals surface area contributed by atoms with Crippen molar-refractivity contribution in [1.82, 2.24) is 0 Å². The first-order valence-corrected chi connectivity index (χ1v) is 4.68. The molecule has 2 aliphatic rings. The van der Waals surface area contributed by atoms with Crippen LogP contribution in [-0.2, 0) is 17.6 Å². The number of benzene rings is 1. The fourth-order valence-electron chi connectivity index (χ4n) is 2.18. The highest BCUT2D eigenvalue weighted by Gasteiger charge is 2.43. The highest BCUT2D eigenvalue weighted by Crippen LogP contribution is 2.39. The Morgan fingerprint density at radius 3 is 3.00 bits per heavy atom. The van der Waals surface area contributed by atoms with Crippen molar-refractivity contribution in [3.8, 4) is 5.75 Å². The Kier molecular flexibility index (Phi) is 1.41. The van der Waals surface area contributed by atoms with Crippen molar-refractivity contribution in [2.45, 2.75) is 25.0 Å². The molecule has 0 N–H and O–H groups in total. The van der Waals surface area contributed by atoms with Crippen LogP contribution in [0.5, 0.6) is 5.75 Å². The van der Waals surface area contributed by atoms with E-state index in [9.17, 15) is 0 Å². The third-order valence-corrected chi connectivity index (χ3v) is 2.96. The Balaban J connectivity index is 2.07. The van der Waals surface area contributed by atoms with Gasteiger partial charge in [0.2, 0.25) is 0 Å². The number of hydrogen-bond acceptors (Lipinski definition) is 2. The molecule has 0 amide bonds. The molecule has 2 nitrogen and oxygen atoms in total. The zero-order chi connectivity index (χ0) is 8.84. The minimum Gasteiger partial charge on any atom is -0.496 e. The predicted octanol–water partition coefficient (Wildman–Crippen LogP) is 1.56. The molecule has 0 aromatic heterocycles. The first-order chi connectivity index (χ1) is 6.38. The maximum Gasteiger partial charge on any atom is 0.122 e. The zero-order valence-electron chi connectivity index (χ0n) is 7.62. The monoisotopic (exact) mass is 176 g/mol. The maximum atomic E-state index is 5.50. The van der Waals surface area contributed by atoms with E-state index in [0.717, 1.165) is 18.6 Å². The maximum absolute atomic E-state index is 5.50. The summed E-state index contributed by atoms with van der Waals surface area (Å²) in [6, 6.07) is 6.26. The molecular weight excluding hydrogens is 164 g/mol. The van der Waals surface area contributed by atoms with E-state index in [1.54, 1.807) is 7.11 Å². The van der Waals surface area contributed by atoms with Crippen LogP contribution < -0.4 is 4.74 Å². The van der Waals surface area contributed by atoms with E-state index in [-0.39, 0.29) is 0 Å². The van der Waals surface area contributed by atoms with Gasteiger partial charge >= 0.3 is 0 Å². The second-order valence-electron chi connectivity index (χ2n) is 3.72. The van der Waals surface area contributed by atoms with Crippen molar-refractivity contribution in [2.24, 2.45) is 0 Å². The highest BCUT2D eigenvalue weighted by molar-refractivity contribution is 5.44. The van der Waals surface area contributed by atoms with Crippen LogP contribution >= 0.6 is 0 Å². The normalized spacial score (nSPS) is 29.0. The molecule has 0 spiro atoms. The first kappa shape index (κ1) is 7.39. The second-order valence-corrected chi connectivity index (χ2v) is 3.72. The van der Waals surface area contributed by atoms with E-state index in [4.69, 9.17) is 9.47 Å². The van der Waals surface area contributed by atoms with Crippen LogP contribution in [0.15, 0.2) is 18.2 Å². The Morgan fingerprint density at radius 2 is 2.15 bits per heavy atom. The summed E-state index contributed by atoms with van der Waals surface area (Å²) in [6.45, 7) is 0. The van der Waals surface area contributed by atoms with Gasteiger partial charge in [-0.15, -0.1) is 0 Å². The van der Waals surface area contributed by atoms with Crippen molar-refractivity contribution in [2.75, 3.05) is 7.11 Å². The van der Waals surface area contributed by atoms with Crippen LogP contribution in [0, 0.1) is 0 Å². The SMILES string of the molecule is COc1cccc2c1C[C@@H]1O[C@H]1C2. The van der Waals surface area contributed by atoms with E-state index in [1.807, 2.05) is 6.07 Å². The lowest BCUT2D eigenvalue weighted by Gasteiger charge is -2.15. The third-order valence-electron chi connectivity index (χ3n) is 2.96. The van der Waals surface area contributed by atoms with E-state index in [0.29, 0.717) is 12.2 Å². The van der Waals surface area contributed by atoms with Gasteiger partial charge in [-0.3, -0.25) is 0 Å². The van der Waals surface area contributed by atoms with Crippen LogP contribution in [0.25, 0.3) is 0 Å². The molecule has 0 radical (unpaired) electrons. The first-order valence-electron chi connectivity index (χ1n) is 4.68. The van der Waals surface area contributed by atoms with E-state index >= 15 is 0 Å².